The number of rotatable bonds is 3. The van der Waals surface area contributed by atoms with Crippen molar-refractivity contribution in [3.05, 3.63) is 31.8 Å². The van der Waals surface area contributed by atoms with Gasteiger partial charge in [-0.2, -0.15) is 4.99 Å². The van der Waals surface area contributed by atoms with E-state index < -0.39 is 0 Å². The molecule has 0 amide bonds. The first-order chi connectivity index (χ1) is 7.99. The van der Waals surface area contributed by atoms with Crippen LogP contribution in [0.5, 0.6) is 0 Å². The number of guanidine groups is 2. The zero-order valence-corrected chi connectivity index (χ0v) is 12.8. The topological polar surface area (TPSA) is 103 Å². The molecule has 0 aliphatic rings. The summed E-state index contributed by atoms with van der Waals surface area (Å²) in [6.45, 7) is 0.556. The quantitative estimate of drug-likeness (QED) is 0.396. The minimum Gasteiger partial charge on any atom is -0.370 e. The Morgan fingerprint density at radius 3 is 2.59 bits per heavy atom. The molecular formula is C10H13BrIN5. The molecule has 5 nitrogen and oxygen atoms in total. The van der Waals surface area contributed by atoms with Crippen LogP contribution >= 0.6 is 38.5 Å². The van der Waals surface area contributed by atoms with Gasteiger partial charge in [-0.1, -0.05) is 6.07 Å². The highest BCUT2D eigenvalue weighted by atomic mass is 127. The van der Waals surface area contributed by atoms with E-state index in [2.05, 4.69) is 54.6 Å². The molecule has 0 atom stereocenters. The van der Waals surface area contributed by atoms with Crippen molar-refractivity contribution in [1.29, 1.82) is 0 Å². The first-order valence-corrected chi connectivity index (χ1v) is 6.69. The van der Waals surface area contributed by atoms with Gasteiger partial charge in [0.15, 0.2) is 5.96 Å². The second kappa shape index (κ2) is 6.80. The van der Waals surface area contributed by atoms with E-state index in [1.807, 2.05) is 12.1 Å². The third kappa shape index (κ3) is 5.35. The van der Waals surface area contributed by atoms with Crippen molar-refractivity contribution >= 4 is 50.4 Å². The first kappa shape index (κ1) is 14.2. The van der Waals surface area contributed by atoms with Gasteiger partial charge in [-0.25, -0.2) is 0 Å². The molecule has 92 valence electrons. The molecule has 0 aliphatic heterocycles. The van der Waals surface area contributed by atoms with E-state index >= 15 is 0 Å². The van der Waals surface area contributed by atoms with Crippen molar-refractivity contribution in [3.8, 4) is 0 Å². The Bertz CT molecular complexity index is 454. The normalized spacial score (nSPS) is 11.3. The van der Waals surface area contributed by atoms with Crippen LogP contribution in [0.25, 0.3) is 0 Å². The van der Waals surface area contributed by atoms with Gasteiger partial charge in [-0.15, -0.1) is 0 Å². The third-order valence-electron chi connectivity index (χ3n) is 1.90. The Kier molecular flexibility index (Phi) is 5.69. The van der Waals surface area contributed by atoms with E-state index in [9.17, 15) is 0 Å². The molecule has 0 unspecified atom stereocenters. The molecule has 0 spiro atoms. The monoisotopic (exact) mass is 409 g/mol. The number of hydrogen-bond acceptors (Lipinski definition) is 1. The highest BCUT2D eigenvalue weighted by molar-refractivity contribution is 14.1. The minimum absolute atomic E-state index is 0.0792. The summed E-state index contributed by atoms with van der Waals surface area (Å²) in [5.74, 6) is 0.0289. The van der Waals surface area contributed by atoms with E-state index in [0.717, 1.165) is 10.9 Å². The molecular weight excluding hydrogens is 397 g/mol. The number of nitrogens with two attached hydrogens (primary N) is 3. The Morgan fingerprint density at radius 2 is 2.00 bits per heavy atom. The highest BCUT2D eigenvalue weighted by Crippen LogP contribution is 2.20. The Balaban J connectivity index is 2.56. The predicted octanol–water partition coefficient (Wildman–Crippen LogP) is 1.18. The number of benzene rings is 1. The van der Waals surface area contributed by atoms with Crippen molar-refractivity contribution in [3.63, 3.8) is 0 Å². The molecule has 0 saturated heterocycles. The van der Waals surface area contributed by atoms with Gasteiger partial charge in [-0.3, -0.25) is 4.99 Å². The van der Waals surface area contributed by atoms with E-state index in [-0.39, 0.29) is 11.9 Å². The van der Waals surface area contributed by atoms with E-state index in [1.54, 1.807) is 0 Å². The lowest BCUT2D eigenvalue weighted by atomic mass is 10.2. The summed E-state index contributed by atoms with van der Waals surface area (Å²) >= 11 is 5.72. The number of aliphatic imine (C=N–C) groups is 2. The van der Waals surface area contributed by atoms with Crippen molar-refractivity contribution in [2.24, 2.45) is 27.2 Å². The van der Waals surface area contributed by atoms with Gasteiger partial charge in [0.25, 0.3) is 0 Å². The smallest absolute Gasteiger partial charge is 0.218 e. The second-order valence-electron chi connectivity index (χ2n) is 3.28. The van der Waals surface area contributed by atoms with Crippen LogP contribution in [-0.2, 0) is 6.42 Å². The van der Waals surface area contributed by atoms with E-state index in [1.165, 1.54) is 9.13 Å². The predicted molar refractivity (Wildman–Crippen MR) is 82.9 cm³/mol. The average molecular weight is 410 g/mol. The number of nitrogens with zero attached hydrogens (tertiary/aromatic N) is 2. The summed E-state index contributed by atoms with van der Waals surface area (Å²) in [4.78, 5) is 7.68. The molecule has 0 heterocycles. The molecule has 0 aromatic heterocycles. The van der Waals surface area contributed by atoms with Gasteiger partial charge in [0, 0.05) is 14.6 Å². The van der Waals surface area contributed by atoms with Gasteiger partial charge in [-0.05, 0) is 62.6 Å². The van der Waals surface area contributed by atoms with Crippen LogP contribution in [0.4, 0.5) is 0 Å². The summed E-state index contributed by atoms with van der Waals surface area (Å²) in [5.41, 5.74) is 17.0. The molecule has 6 N–H and O–H groups in total. The average Bonchev–Trinajstić information content (AvgIpc) is 2.22. The van der Waals surface area contributed by atoms with Crippen LogP contribution in [0.15, 0.2) is 32.7 Å². The maximum Gasteiger partial charge on any atom is 0.218 e. The fourth-order valence-corrected chi connectivity index (χ4v) is 1.99. The summed E-state index contributed by atoms with van der Waals surface area (Å²) in [7, 11) is 0. The zero-order valence-electron chi connectivity index (χ0n) is 9.03. The minimum atomic E-state index is -0.0792. The maximum absolute atomic E-state index is 5.49. The molecule has 0 saturated carbocycles. The standard InChI is InChI=1S/C10H13BrIN5/c11-7-2-1-6(5-8(7)12)3-4-16-10(15)17-9(13)14/h1-2,5H,3-4H2,(H6,13,14,15,16,17). The molecule has 1 rings (SSSR count). The van der Waals surface area contributed by atoms with Crippen LogP contribution in [-0.4, -0.2) is 18.5 Å². The van der Waals surface area contributed by atoms with E-state index in [0.29, 0.717) is 6.54 Å². The Labute approximate surface area is 122 Å². The molecule has 7 heteroatoms. The van der Waals surface area contributed by atoms with Crippen LogP contribution < -0.4 is 17.2 Å². The van der Waals surface area contributed by atoms with Crippen LogP contribution in [0.3, 0.4) is 0 Å². The van der Waals surface area contributed by atoms with E-state index in [4.69, 9.17) is 17.2 Å². The van der Waals surface area contributed by atoms with Crippen LogP contribution in [0.2, 0.25) is 0 Å². The molecule has 0 aliphatic carbocycles. The third-order valence-corrected chi connectivity index (χ3v) is 4.23. The first-order valence-electron chi connectivity index (χ1n) is 4.82. The van der Waals surface area contributed by atoms with Gasteiger partial charge in [0.1, 0.15) is 0 Å². The number of hydrogen-bond donors (Lipinski definition) is 3. The van der Waals surface area contributed by atoms with Crippen LogP contribution in [0.1, 0.15) is 5.56 Å². The molecule has 1 aromatic carbocycles. The summed E-state index contributed by atoms with van der Waals surface area (Å²) in [6.07, 6.45) is 0.796. The molecule has 17 heavy (non-hydrogen) atoms. The molecule has 0 fully saturated rings. The van der Waals surface area contributed by atoms with Gasteiger partial charge in [0.05, 0.1) is 0 Å². The lowest BCUT2D eigenvalue weighted by Crippen LogP contribution is -2.26. The molecule has 0 bridgehead atoms. The second-order valence-corrected chi connectivity index (χ2v) is 5.29. The Morgan fingerprint density at radius 1 is 1.29 bits per heavy atom. The maximum atomic E-state index is 5.49. The lowest BCUT2D eigenvalue weighted by Gasteiger charge is -2.01. The molecule has 0 radical (unpaired) electrons. The summed E-state index contributed by atoms with van der Waals surface area (Å²) in [5, 5.41) is 0. The Hall–Kier alpha value is -0.830. The van der Waals surface area contributed by atoms with Crippen molar-refractivity contribution in [1.82, 2.24) is 0 Å². The fourth-order valence-electron chi connectivity index (χ4n) is 1.16. The number of halogens is 2. The molecule has 1 aromatic rings. The fraction of sp³-hybridized carbons (Fsp3) is 0.200. The van der Waals surface area contributed by atoms with Crippen LogP contribution in [0, 0.1) is 3.57 Å². The van der Waals surface area contributed by atoms with Crippen molar-refractivity contribution in [2.75, 3.05) is 6.54 Å². The van der Waals surface area contributed by atoms with Crippen molar-refractivity contribution in [2.45, 2.75) is 6.42 Å². The van der Waals surface area contributed by atoms with Gasteiger partial charge >= 0.3 is 0 Å². The summed E-state index contributed by atoms with van der Waals surface area (Å²) < 4.78 is 2.26. The SMILES string of the molecule is NC(N)=NC(N)=NCCc1ccc(Br)c(I)c1. The highest BCUT2D eigenvalue weighted by Gasteiger charge is 1.98. The summed E-state index contributed by atoms with van der Waals surface area (Å²) in [6, 6.07) is 6.15. The van der Waals surface area contributed by atoms with Gasteiger partial charge < -0.3 is 17.2 Å². The van der Waals surface area contributed by atoms with Gasteiger partial charge in [0.2, 0.25) is 5.96 Å². The largest absolute Gasteiger partial charge is 0.370 e. The van der Waals surface area contributed by atoms with Crippen molar-refractivity contribution < 1.29 is 0 Å². The zero-order chi connectivity index (χ0) is 12.8. The lowest BCUT2D eigenvalue weighted by molar-refractivity contribution is 0.960.